The number of H-pyrrole nitrogens is 1. The third-order valence-corrected chi connectivity index (χ3v) is 1.41. The van der Waals surface area contributed by atoms with E-state index in [0.29, 0.717) is 6.54 Å². The lowest BCUT2D eigenvalue weighted by Crippen LogP contribution is -2.17. The Morgan fingerprint density at radius 3 is 3.00 bits per heavy atom. The summed E-state index contributed by atoms with van der Waals surface area (Å²) in [5.41, 5.74) is 5.35. The van der Waals surface area contributed by atoms with E-state index in [2.05, 4.69) is 9.97 Å². The van der Waals surface area contributed by atoms with Crippen molar-refractivity contribution >= 4 is 0 Å². The molecule has 56 valence electrons. The zero-order valence-electron chi connectivity index (χ0n) is 5.62. The van der Waals surface area contributed by atoms with Crippen molar-refractivity contribution in [3.8, 4) is 0 Å². The first-order valence-electron chi connectivity index (χ1n) is 3.18. The van der Waals surface area contributed by atoms with Gasteiger partial charge in [0.1, 0.15) is 5.82 Å². The molecule has 0 aliphatic heterocycles. The first-order chi connectivity index (χ1) is 4.88. The van der Waals surface area contributed by atoms with Crippen LogP contribution in [0.5, 0.6) is 0 Å². The average Bonchev–Trinajstić information content (AvgIpc) is 2.43. The molecular formula is C6H11N3O. The van der Waals surface area contributed by atoms with Crippen LogP contribution >= 0.6 is 0 Å². The molecule has 4 nitrogen and oxygen atoms in total. The van der Waals surface area contributed by atoms with Gasteiger partial charge in [-0.2, -0.15) is 0 Å². The molecule has 1 aromatic rings. The second-order valence-corrected chi connectivity index (χ2v) is 2.09. The average molecular weight is 141 g/mol. The van der Waals surface area contributed by atoms with Gasteiger partial charge in [0.15, 0.2) is 0 Å². The highest BCUT2D eigenvalue weighted by atomic mass is 16.3. The summed E-state index contributed by atoms with van der Waals surface area (Å²) in [4.78, 5) is 6.85. The number of nitrogens with two attached hydrogens (primary N) is 1. The Bertz CT molecular complexity index is 169. The number of aliphatic hydroxyl groups excluding tert-OH is 1. The van der Waals surface area contributed by atoms with Crippen molar-refractivity contribution in [1.29, 1.82) is 0 Å². The highest BCUT2D eigenvalue weighted by Crippen LogP contribution is 2.06. The number of aromatic nitrogens is 2. The fraction of sp³-hybridized carbons (Fsp3) is 0.500. The van der Waals surface area contributed by atoms with E-state index in [0.717, 1.165) is 5.82 Å². The van der Waals surface area contributed by atoms with Crippen molar-refractivity contribution in [1.82, 2.24) is 9.97 Å². The van der Waals surface area contributed by atoms with Crippen LogP contribution < -0.4 is 5.73 Å². The number of nitrogens with one attached hydrogen (secondary N) is 1. The standard InChI is InChI=1S/C6H11N3O/c7-3-5(4-10)6-8-1-2-9-6/h1-2,5,10H,3-4,7H2,(H,8,9). The van der Waals surface area contributed by atoms with E-state index >= 15 is 0 Å². The minimum atomic E-state index is -0.0463. The van der Waals surface area contributed by atoms with Gasteiger partial charge in [-0.15, -0.1) is 0 Å². The van der Waals surface area contributed by atoms with Crippen LogP contribution in [0.1, 0.15) is 11.7 Å². The van der Waals surface area contributed by atoms with E-state index in [1.165, 1.54) is 0 Å². The lowest BCUT2D eigenvalue weighted by molar-refractivity contribution is 0.264. The van der Waals surface area contributed by atoms with E-state index in [1.54, 1.807) is 12.4 Å². The van der Waals surface area contributed by atoms with Crippen molar-refractivity contribution in [2.75, 3.05) is 13.2 Å². The molecule has 0 spiro atoms. The number of imidazole rings is 1. The van der Waals surface area contributed by atoms with Gasteiger partial charge in [0.25, 0.3) is 0 Å². The Morgan fingerprint density at radius 1 is 1.80 bits per heavy atom. The predicted octanol–water partition coefficient (Wildman–Crippen LogP) is -0.556. The molecule has 0 saturated heterocycles. The van der Waals surface area contributed by atoms with Gasteiger partial charge in [-0.05, 0) is 0 Å². The van der Waals surface area contributed by atoms with Gasteiger partial charge >= 0.3 is 0 Å². The molecule has 0 aliphatic carbocycles. The van der Waals surface area contributed by atoms with Gasteiger partial charge in [-0.25, -0.2) is 4.98 Å². The van der Waals surface area contributed by atoms with Crippen LogP contribution in [0.2, 0.25) is 0 Å². The van der Waals surface area contributed by atoms with Gasteiger partial charge in [0.2, 0.25) is 0 Å². The molecule has 0 fully saturated rings. The zero-order valence-corrected chi connectivity index (χ0v) is 5.62. The van der Waals surface area contributed by atoms with Crippen LogP contribution in [0.3, 0.4) is 0 Å². The molecule has 0 saturated carbocycles. The van der Waals surface area contributed by atoms with Crippen molar-refractivity contribution in [3.05, 3.63) is 18.2 Å². The number of hydrogen-bond acceptors (Lipinski definition) is 3. The minimum absolute atomic E-state index is 0.0456. The quantitative estimate of drug-likeness (QED) is 0.528. The van der Waals surface area contributed by atoms with Crippen molar-refractivity contribution in [3.63, 3.8) is 0 Å². The molecule has 1 heterocycles. The fourth-order valence-electron chi connectivity index (χ4n) is 0.773. The summed E-state index contributed by atoms with van der Waals surface area (Å²) in [6.45, 7) is 0.466. The lowest BCUT2D eigenvalue weighted by Gasteiger charge is -2.06. The normalized spacial score (nSPS) is 13.4. The van der Waals surface area contributed by atoms with Gasteiger partial charge in [0, 0.05) is 18.9 Å². The van der Waals surface area contributed by atoms with Crippen LogP contribution in [-0.4, -0.2) is 28.2 Å². The molecule has 0 radical (unpaired) electrons. The number of hydrogen-bond donors (Lipinski definition) is 3. The van der Waals surface area contributed by atoms with Crippen LogP contribution in [0, 0.1) is 0 Å². The number of aliphatic hydroxyl groups is 1. The Kier molecular flexibility index (Phi) is 2.42. The highest BCUT2D eigenvalue weighted by Gasteiger charge is 2.08. The molecule has 1 rings (SSSR count). The first-order valence-corrected chi connectivity index (χ1v) is 3.18. The van der Waals surface area contributed by atoms with E-state index in [-0.39, 0.29) is 12.5 Å². The smallest absolute Gasteiger partial charge is 0.112 e. The highest BCUT2D eigenvalue weighted by molar-refractivity contribution is 4.96. The summed E-state index contributed by atoms with van der Waals surface area (Å²) in [5, 5.41) is 8.76. The van der Waals surface area contributed by atoms with E-state index in [4.69, 9.17) is 10.8 Å². The van der Waals surface area contributed by atoms with Gasteiger partial charge < -0.3 is 15.8 Å². The topological polar surface area (TPSA) is 74.9 Å². The third kappa shape index (κ3) is 1.34. The van der Waals surface area contributed by atoms with Gasteiger partial charge in [-0.3, -0.25) is 0 Å². The fourth-order valence-corrected chi connectivity index (χ4v) is 0.773. The maximum atomic E-state index is 8.76. The monoisotopic (exact) mass is 141 g/mol. The van der Waals surface area contributed by atoms with Crippen molar-refractivity contribution < 1.29 is 5.11 Å². The lowest BCUT2D eigenvalue weighted by atomic mass is 10.1. The van der Waals surface area contributed by atoms with Crippen LogP contribution in [0.25, 0.3) is 0 Å². The number of rotatable bonds is 3. The summed E-state index contributed by atoms with van der Waals surface area (Å²) >= 11 is 0. The molecule has 1 atom stereocenters. The number of aromatic amines is 1. The van der Waals surface area contributed by atoms with Gasteiger partial charge in [-0.1, -0.05) is 0 Å². The summed E-state index contributed by atoms with van der Waals surface area (Å²) in [7, 11) is 0. The van der Waals surface area contributed by atoms with Crippen LogP contribution in [0.4, 0.5) is 0 Å². The third-order valence-electron chi connectivity index (χ3n) is 1.41. The summed E-state index contributed by atoms with van der Waals surface area (Å²) in [6, 6.07) is 0. The largest absolute Gasteiger partial charge is 0.396 e. The molecule has 0 aliphatic rings. The second kappa shape index (κ2) is 3.34. The summed E-state index contributed by atoms with van der Waals surface area (Å²) < 4.78 is 0. The molecule has 0 amide bonds. The van der Waals surface area contributed by atoms with Crippen LogP contribution in [0.15, 0.2) is 12.4 Å². The summed E-state index contributed by atoms with van der Waals surface area (Å²) in [6.07, 6.45) is 3.36. The van der Waals surface area contributed by atoms with E-state index in [9.17, 15) is 0 Å². The molecule has 1 unspecified atom stereocenters. The molecule has 1 aromatic heterocycles. The minimum Gasteiger partial charge on any atom is -0.396 e. The Balaban J connectivity index is 2.64. The SMILES string of the molecule is NCC(CO)c1ncc[nH]1. The molecule has 0 aromatic carbocycles. The van der Waals surface area contributed by atoms with E-state index < -0.39 is 0 Å². The maximum absolute atomic E-state index is 8.76. The maximum Gasteiger partial charge on any atom is 0.112 e. The first kappa shape index (κ1) is 7.24. The number of nitrogens with zero attached hydrogens (tertiary/aromatic N) is 1. The summed E-state index contributed by atoms with van der Waals surface area (Å²) in [5.74, 6) is 0.708. The Labute approximate surface area is 59.1 Å². The molecule has 10 heavy (non-hydrogen) atoms. The van der Waals surface area contributed by atoms with E-state index in [1.807, 2.05) is 0 Å². The Hall–Kier alpha value is -0.870. The molecule has 0 bridgehead atoms. The zero-order chi connectivity index (χ0) is 7.40. The predicted molar refractivity (Wildman–Crippen MR) is 37.5 cm³/mol. The molecule has 4 N–H and O–H groups in total. The van der Waals surface area contributed by atoms with Crippen molar-refractivity contribution in [2.24, 2.45) is 5.73 Å². The molecular weight excluding hydrogens is 130 g/mol. The second-order valence-electron chi connectivity index (χ2n) is 2.09. The van der Waals surface area contributed by atoms with Gasteiger partial charge in [0.05, 0.1) is 12.5 Å². The van der Waals surface area contributed by atoms with Crippen molar-refractivity contribution in [2.45, 2.75) is 5.92 Å². The Morgan fingerprint density at radius 2 is 2.60 bits per heavy atom. The molecule has 4 heteroatoms. The van der Waals surface area contributed by atoms with Crippen LogP contribution in [-0.2, 0) is 0 Å².